The van der Waals surface area contributed by atoms with Gasteiger partial charge >= 0.3 is 5.69 Å². The first-order valence-corrected chi connectivity index (χ1v) is 7.77. The van der Waals surface area contributed by atoms with Crippen molar-refractivity contribution in [2.45, 2.75) is 46.1 Å². The molecule has 1 unspecified atom stereocenters. The van der Waals surface area contributed by atoms with E-state index >= 15 is 0 Å². The molecule has 1 fully saturated rings. The van der Waals surface area contributed by atoms with E-state index in [1.54, 1.807) is 6.07 Å². The van der Waals surface area contributed by atoms with Crippen molar-refractivity contribution in [3.05, 3.63) is 34.0 Å². The van der Waals surface area contributed by atoms with E-state index in [0.29, 0.717) is 23.0 Å². The maximum Gasteiger partial charge on any atom is 0.327 e. The Labute approximate surface area is 132 Å². The fourth-order valence-electron chi connectivity index (χ4n) is 2.70. The Morgan fingerprint density at radius 2 is 1.96 bits per heavy atom. The number of carbonyl (C=O) groups excluding carboxylic acids is 2. The van der Waals surface area contributed by atoms with Crippen LogP contribution in [0.15, 0.2) is 16.9 Å². The highest BCUT2D eigenvalue weighted by molar-refractivity contribution is 6.00. The number of benzene rings is 1. The number of amides is 2. The number of imidazole rings is 1. The molecule has 1 aromatic carbocycles. The smallest absolute Gasteiger partial charge is 0.306 e. The van der Waals surface area contributed by atoms with Crippen molar-refractivity contribution in [1.82, 2.24) is 14.9 Å². The first kappa shape index (κ1) is 16.9. The van der Waals surface area contributed by atoms with Crippen molar-refractivity contribution in [1.29, 1.82) is 0 Å². The third kappa shape index (κ3) is 3.04. The Balaban J connectivity index is 0.000000924. The largest absolute Gasteiger partial charge is 0.327 e. The van der Waals surface area contributed by atoms with E-state index in [4.69, 9.17) is 0 Å². The average molecular weight is 321 g/mol. The molecule has 124 valence electrons. The summed E-state index contributed by atoms with van der Waals surface area (Å²) in [5.41, 5.74) is 0.846. The van der Waals surface area contributed by atoms with Gasteiger partial charge in [0.05, 0.1) is 11.0 Å². The summed E-state index contributed by atoms with van der Waals surface area (Å²) in [6, 6.07) is 2.04. The van der Waals surface area contributed by atoms with E-state index in [1.165, 1.54) is 10.6 Å². The Bertz CT molecular complexity index is 807. The van der Waals surface area contributed by atoms with Gasteiger partial charge in [0, 0.05) is 12.5 Å². The van der Waals surface area contributed by atoms with Gasteiger partial charge in [-0.05, 0) is 24.5 Å². The number of aryl methyl sites for hydroxylation is 1. The third-order valence-electron chi connectivity index (χ3n) is 3.79. The summed E-state index contributed by atoms with van der Waals surface area (Å²) in [6.45, 7) is 5.82. The van der Waals surface area contributed by atoms with Crippen LogP contribution in [0.4, 0.5) is 4.39 Å². The number of hydrogen-bond acceptors (Lipinski definition) is 3. The van der Waals surface area contributed by atoms with Gasteiger partial charge < -0.3 is 4.98 Å². The first-order valence-electron chi connectivity index (χ1n) is 7.77. The topological polar surface area (TPSA) is 84.0 Å². The van der Waals surface area contributed by atoms with Gasteiger partial charge in [-0.25, -0.2) is 9.18 Å². The zero-order valence-electron chi connectivity index (χ0n) is 13.4. The standard InChI is InChI=1S/C14H14FN3O3.C2H6/c1-2-7-5-9-11(6-8(7)15)18(14(21)16-9)10-3-4-12(19)17-13(10)20;1-2/h5-6,10H,2-4H2,1H3,(H,16,21)(H,17,19,20);1-2H3. The Kier molecular flexibility index (Phi) is 4.98. The summed E-state index contributed by atoms with van der Waals surface area (Å²) in [4.78, 5) is 37.8. The molecule has 2 heterocycles. The van der Waals surface area contributed by atoms with Gasteiger partial charge in [0.1, 0.15) is 11.9 Å². The molecular formula is C16H20FN3O3. The minimum absolute atomic E-state index is 0.158. The molecule has 1 aliphatic heterocycles. The number of fused-ring (bicyclic) bond motifs is 1. The van der Waals surface area contributed by atoms with Crippen molar-refractivity contribution >= 4 is 22.8 Å². The molecule has 0 saturated carbocycles. The minimum Gasteiger partial charge on any atom is -0.306 e. The van der Waals surface area contributed by atoms with Crippen LogP contribution in [0.5, 0.6) is 0 Å². The van der Waals surface area contributed by atoms with Crippen molar-refractivity contribution < 1.29 is 14.0 Å². The molecule has 7 heteroatoms. The molecule has 2 N–H and O–H groups in total. The van der Waals surface area contributed by atoms with Crippen LogP contribution < -0.4 is 11.0 Å². The van der Waals surface area contributed by atoms with Gasteiger partial charge in [0.15, 0.2) is 0 Å². The highest BCUT2D eigenvalue weighted by atomic mass is 19.1. The van der Waals surface area contributed by atoms with Gasteiger partial charge in [-0.2, -0.15) is 0 Å². The first-order chi connectivity index (χ1) is 11.0. The lowest BCUT2D eigenvalue weighted by molar-refractivity contribution is -0.135. The summed E-state index contributed by atoms with van der Waals surface area (Å²) < 4.78 is 15.2. The molecule has 1 atom stereocenters. The molecule has 0 aliphatic carbocycles. The van der Waals surface area contributed by atoms with Crippen LogP contribution in [-0.4, -0.2) is 21.4 Å². The van der Waals surface area contributed by atoms with Gasteiger partial charge in [-0.1, -0.05) is 20.8 Å². The Hall–Kier alpha value is -2.44. The molecule has 2 amide bonds. The molecule has 2 aromatic rings. The van der Waals surface area contributed by atoms with Crippen LogP contribution in [0.25, 0.3) is 11.0 Å². The highest BCUT2D eigenvalue weighted by Gasteiger charge is 2.30. The molecule has 1 aliphatic rings. The number of H-pyrrole nitrogens is 1. The maximum absolute atomic E-state index is 14.0. The number of hydrogen-bond donors (Lipinski definition) is 2. The zero-order chi connectivity index (χ0) is 17.1. The lowest BCUT2D eigenvalue weighted by atomic mass is 10.1. The average Bonchev–Trinajstić information content (AvgIpc) is 2.84. The number of halogens is 1. The molecular weight excluding hydrogens is 301 g/mol. The second-order valence-electron chi connectivity index (χ2n) is 5.08. The number of rotatable bonds is 2. The number of aromatic amines is 1. The fourth-order valence-corrected chi connectivity index (χ4v) is 2.70. The number of piperidine rings is 1. The lowest BCUT2D eigenvalue weighted by Crippen LogP contribution is -2.43. The molecule has 0 bridgehead atoms. The molecule has 1 saturated heterocycles. The summed E-state index contributed by atoms with van der Waals surface area (Å²) >= 11 is 0. The van der Waals surface area contributed by atoms with Crippen molar-refractivity contribution in [2.24, 2.45) is 0 Å². The summed E-state index contributed by atoms with van der Waals surface area (Å²) in [7, 11) is 0. The van der Waals surface area contributed by atoms with E-state index < -0.39 is 23.5 Å². The zero-order valence-corrected chi connectivity index (χ0v) is 13.4. The fraction of sp³-hybridized carbons (Fsp3) is 0.438. The van der Waals surface area contributed by atoms with Gasteiger partial charge in [-0.15, -0.1) is 0 Å². The SMILES string of the molecule is CC.CCc1cc2[nH]c(=O)n(C3CCC(=O)NC3=O)c2cc1F. The van der Waals surface area contributed by atoms with Crippen LogP contribution in [0.3, 0.4) is 0 Å². The minimum atomic E-state index is -0.796. The van der Waals surface area contributed by atoms with Gasteiger partial charge in [-0.3, -0.25) is 19.5 Å². The molecule has 0 radical (unpaired) electrons. The van der Waals surface area contributed by atoms with Gasteiger partial charge in [0.25, 0.3) is 0 Å². The predicted molar refractivity (Wildman–Crippen MR) is 84.7 cm³/mol. The van der Waals surface area contributed by atoms with E-state index in [9.17, 15) is 18.8 Å². The summed E-state index contributed by atoms with van der Waals surface area (Å²) in [6.07, 6.45) is 0.896. The van der Waals surface area contributed by atoms with Crippen molar-refractivity contribution in [3.8, 4) is 0 Å². The monoisotopic (exact) mass is 321 g/mol. The van der Waals surface area contributed by atoms with Crippen LogP contribution >= 0.6 is 0 Å². The van der Waals surface area contributed by atoms with E-state index in [1.807, 2.05) is 20.8 Å². The summed E-state index contributed by atoms with van der Waals surface area (Å²) in [5, 5.41) is 2.20. The second-order valence-corrected chi connectivity index (χ2v) is 5.08. The second kappa shape index (κ2) is 6.76. The number of nitrogens with zero attached hydrogens (tertiary/aromatic N) is 1. The van der Waals surface area contributed by atoms with Crippen LogP contribution in [0, 0.1) is 5.82 Å². The van der Waals surface area contributed by atoms with Crippen molar-refractivity contribution in [2.75, 3.05) is 0 Å². The maximum atomic E-state index is 14.0. The third-order valence-corrected chi connectivity index (χ3v) is 3.79. The number of nitrogens with one attached hydrogen (secondary N) is 2. The van der Waals surface area contributed by atoms with E-state index in [-0.39, 0.29) is 18.7 Å². The summed E-state index contributed by atoms with van der Waals surface area (Å²) in [5.74, 6) is -1.30. The molecule has 3 rings (SSSR count). The van der Waals surface area contributed by atoms with Crippen LogP contribution in [-0.2, 0) is 16.0 Å². The Morgan fingerprint density at radius 3 is 2.57 bits per heavy atom. The molecule has 0 spiro atoms. The highest BCUT2D eigenvalue weighted by Crippen LogP contribution is 2.24. The van der Waals surface area contributed by atoms with Gasteiger partial charge in [0.2, 0.25) is 11.8 Å². The van der Waals surface area contributed by atoms with E-state index in [2.05, 4.69) is 10.3 Å². The number of imide groups is 1. The van der Waals surface area contributed by atoms with Crippen molar-refractivity contribution in [3.63, 3.8) is 0 Å². The number of aromatic nitrogens is 2. The normalized spacial score (nSPS) is 17.7. The van der Waals surface area contributed by atoms with Crippen LogP contribution in [0.1, 0.15) is 45.2 Å². The quantitative estimate of drug-likeness (QED) is 0.830. The van der Waals surface area contributed by atoms with Crippen LogP contribution in [0.2, 0.25) is 0 Å². The molecule has 1 aromatic heterocycles. The molecule has 6 nitrogen and oxygen atoms in total. The lowest BCUT2D eigenvalue weighted by Gasteiger charge is -2.21. The molecule has 23 heavy (non-hydrogen) atoms. The van der Waals surface area contributed by atoms with E-state index in [0.717, 1.165) is 0 Å². The predicted octanol–water partition coefficient (Wildman–Crippen LogP) is 2.03. The Morgan fingerprint density at radius 1 is 1.26 bits per heavy atom. The number of carbonyl (C=O) groups is 2.